The Labute approximate surface area is 113 Å². The highest BCUT2D eigenvalue weighted by Gasteiger charge is 2.20. The van der Waals surface area contributed by atoms with E-state index in [0.29, 0.717) is 13.2 Å². The fraction of sp³-hybridized carbons (Fsp3) is 0.643. The second-order valence-electron chi connectivity index (χ2n) is 5.01. The molecular formula is C14H21NO2S. The summed E-state index contributed by atoms with van der Waals surface area (Å²) in [6.07, 6.45) is 4.38. The standard InChI is InChI=1S/C14H21NO2S/c1-10-4-5-12-11(8-10)9-13(18-12)14(16)15-6-3-7-17-2/h9-10H,3-8H2,1-2H3,(H,15,16)/t10-/m0/s1. The van der Waals surface area contributed by atoms with Gasteiger partial charge in [0.25, 0.3) is 5.91 Å². The Bertz CT molecular complexity index is 414. The number of hydrogen-bond acceptors (Lipinski definition) is 3. The highest BCUT2D eigenvalue weighted by Crippen LogP contribution is 2.32. The highest BCUT2D eigenvalue weighted by atomic mass is 32.1. The lowest BCUT2D eigenvalue weighted by Gasteiger charge is -2.16. The second kappa shape index (κ2) is 6.34. The number of nitrogens with one attached hydrogen (secondary N) is 1. The zero-order valence-electron chi connectivity index (χ0n) is 11.1. The van der Waals surface area contributed by atoms with Gasteiger partial charge in [0.2, 0.25) is 0 Å². The lowest BCUT2D eigenvalue weighted by atomic mass is 9.90. The number of rotatable bonds is 5. The van der Waals surface area contributed by atoms with Gasteiger partial charge >= 0.3 is 0 Å². The topological polar surface area (TPSA) is 38.3 Å². The van der Waals surface area contributed by atoms with Crippen LogP contribution in [0.1, 0.15) is 39.9 Å². The Balaban J connectivity index is 1.91. The van der Waals surface area contributed by atoms with Gasteiger partial charge in [-0.15, -0.1) is 11.3 Å². The van der Waals surface area contributed by atoms with E-state index in [1.54, 1.807) is 18.4 Å². The minimum atomic E-state index is 0.0677. The normalized spacial score (nSPS) is 18.4. The van der Waals surface area contributed by atoms with Crippen molar-refractivity contribution in [1.82, 2.24) is 5.32 Å². The Morgan fingerprint density at radius 3 is 3.22 bits per heavy atom. The van der Waals surface area contributed by atoms with Crippen LogP contribution in [0.4, 0.5) is 0 Å². The molecular weight excluding hydrogens is 246 g/mol. The zero-order chi connectivity index (χ0) is 13.0. The summed E-state index contributed by atoms with van der Waals surface area (Å²) in [4.78, 5) is 14.2. The van der Waals surface area contributed by atoms with Crippen molar-refractivity contribution >= 4 is 17.2 Å². The van der Waals surface area contributed by atoms with E-state index in [9.17, 15) is 4.79 Å². The number of fused-ring (bicyclic) bond motifs is 1. The van der Waals surface area contributed by atoms with Crippen molar-refractivity contribution in [2.75, 3.05) is 20.3 Å². The molecule has 4 heteroatoms. The van der Waals surface area contributed by atoms with E-state index in [-0.39, 0.29) is 5.91 Å². The molecule has 100 valence electrons. The maximum absolute atomic E-state index is 12.0. The van der Waals surface area contributed by atoms with Gasteiger partial charge in [-0.25, -0.2) is 0 Å². The quantitative estimate of drug-likeness (QED) is 0.833. The summed E-state index contributed by atoms with van der Waals surface area (Å²) in [7, 11) is 1.68. The number of methoxy groups -OCH3 is 1. The Hall–Kier alpha value is -0.870. The first kappa shape index (κ1) is 13.6. The molecule has 1 aromatic heterocycles. The molecule has 0 spiro atoms. The molecule has 3 nitrogen and oxygen atoms in total. The fourth-order valence-corrected chi connectivity index (χ4v) is 3.45. The van der Waals surface area contributed by atoms with Gasteiger partial charge in [0.15, 0.2) is 0 Å². The number of ether oxygens (including phenoxy) is 1. The fourth-order valence-electron chi connectivity index (χ4n) is 2.32. The Kier molecular flexibility index (Phi) is 4.78. The van der Waals surface area contributed by atoms with E-state index in [0.717, 1.165) is 30.1 Å². The Morgan fingerprint density at radius 2 is 2.44 bits per heavy atom. The monoisotopic (exact) mass is 267 g/mol. The lowest BCUT2D eigenvalue weighted by molar-refractivity contribution is 0.0952. The van der Waals surface area contributed by atoms with Crippen LogP contribution in [0.3, 0.4) is 0 Å². The molecule has 1 aromatic rings. The van der Waals surface area contributed by atoms with Crippen LogP contribution in [0.25, 0.3) is 0 Å². The molecule has 0 saturated heterocycles. The molecule has 1 aliphatic carbocycles. The maximum Gasteiger partial charge on any atom is 0.261 e. The Morgan fingerprint density at radius 1 is 1.61 bits per heavy atom. The SMILES string of the molecule is COCCCNC(=O)c1cc2c(s1)CC[C@H](C)C2. The number of amides is 1. The number of carbonyl (C=O) groups is 1. The van der Waals surface area contributed by atoms with Crippen LogP contribution in [0.5, 0.6) is 0 Å². The maximum atomic E-state index is 12.0. The third-order valence-electron chi connectivity index (χ3n) is 3.36. The van der Waals surface area contributed by atoms with E-state index >= 15 is 0 Å². The molecule has 0 aliphatic heterocycles. The van der Waals surface area contributed by atoms with Gasteiger partial charge in [-0.3, -0.25) is 4.79 Å². The summed E-state index contributed by atoms with van der Waals surface area (Å²) in [5, 5.41) is 2.95. The molecule has 0 unspecified atom stereocenters. The first-order valence-electron chi connectivity index (χ1n) is 6.59. The molecule has 1 aliphatic rings. The predicted molar refractivity (Wildman–Crippen MR) is 74.3 cm³/mol. The molecule has 0 saturated carbocycles. The highest BCUT2D eigenvalue weighted by molar-refractivity contribution is 7.14. The van der Waals surface area contributed by atoms with Crippen LogP contribution >= 0.6 is 11.3 Å². The van der Waals surface area contributed by atoms with Crippen LogP contribution < -0.4 is 5.32 Å². The minimum absolute atomic E-state index is 0.0677. The van der Waals surface area contributed by atoms with E-state index in [2.05, 4.69) is 18.3 Å². The van der Waals surface area contributed by atoms with E-state index in [1.165, 1.54) is 16.9 Å². The van der Waals surface area contributed by atoms with E-state index in [1.807, 2.05) is 0 Å². The molecule has 0 radical (unpaired) electrons. The van der Waals surface area contributed by atoms with Crippen molar-refractivity contribution < 1.29 is 9.53 Å². The minimum Gasteiger partial charge on any atom is -0.385 e. The van der Waals surface area contributed by atoms with Crippen molar-refractivity contribution in [3.05, 3.63) is 21.4 Å². The third-order valence-corrected chi connectivity index (χ3v) is 4.60. The third kappa shape index (κ3) is 3.33. The summed E-state index contributed by atoms with van der Waals surface area (Å²) in [6, 6.07) is 2.08. The molecule has 1 amide bonds. The van der Waals surface area contributed by atoms with Crippen LogP contribution in [0.2, 0.25) is 0 Å². The largest absolute Gasteiger partial charge is 0.385 e. The summed E-state index contributed by atoms with van der Waals surface area (Å²) >= 11 is 1.67. The number of aryl methyl sites for hydroxylation is 1. The van der Waals surface area contributed by atoms with E-state index < -0.39 is 0 Å². The number of thiophene rings is 1. The molecule has 1 heterocycles. The van der Waals surface area contributed by atoms with Crippen LogP contribution in [0.15, 0.2) is 6.07 Å². The van der Waals surface area contributed by atoms with Crippen LogP contribution in [-0.4, -0.2) is 26.2 Å². The molecule has 2 rings (SSSR count). The van der Waals surface area contributed by atoms with Crippen molar-refractivity contribution in [1.29, 1.82) is 0 Å². The van der Waals surface area contributed by atoms with Gasteiger partial charge in [0, 0.05) is 25.1 Å². The van der Waals surface area contributed by atoms with Gasteiger partial charge in [-0.1, -0.05) is 6.92 Å². The summed E-state index contributed by atoms with van der Waals surface area (Å²) < 4.78 is 4.96. The average molecular weight is 267 g/mol. The van der Waals surface area contributed by atoms with Gasteiger partial charge in [-0.2, -0.15) is 0 Å². The van der Waals surface area contributed by atoms with Gasteiger partial charge in [0.1, 0.15) is 0 Å². The summed E-state index contributed by atoms with van der Waals surface area (Å²) in [5.74, 6) is 0.822. The average Bonchev–Trinajstić information content (AvgIpc) is 2.77. The van der Waals surface area contributed by atoms with Crippen molar-refractivity contribution in [2.45, 2.75) is 32.6 Å². The molecule has 0 bridgehead atoms. The predicted octanol–water partition coefficient (Wildman–Crippen LogP) is 2.64. The van der Waals surface area contributed by atoms with Gasteiger partial charge in [-0.05, 0) is 43.2 Å². The first-order chi connectivity index (χ1) is 8.70. The van der Waals surface area contributed by atoms with Crippen molar-refractivity contribution in [3.8, 4) is 0 Å². The second-order valence-corrected chi connectivity index (χ2v) is 6.15. The zero-order valence-corrected chi connectivity index (χ0v) is 11.9. The number of carbonyl (C=O) groups excluding carboxylic acids is 1. The molecule has 0 fully saturated rings. The van der Waals surface area contributed by atoms with Crippen LogP contribution in [-0.2, 0) is 17.6 Å². The number of hydrogen-bond donors (Lipinski definition) is 1. The van der Waals surface area contributed by atoms with Crippen LogP contribution in [0, 0.1) is 5.92 Å². The molecule has 18 heavy (non-hydrogen) atoms. The van der Waals surface area contributed by atoms with Gasteiger partial charge < -0.3 is 10.1 Å². The van der Waals surface area contributed by atoms with E-state index in [4.69, 9.17) is 4.74 Å². The lowest BCUT2D eigenvalue weighted by Crippen LogP contribution is -2.24. The van der Waals surface area contributed by atoms with Crippen molar-refractivity contribution in [3.63, 3.8) is 0 Å². The first-order valence-corrected chi connectivity index (χ1v) is 7.41. The van der Waals surface area contributed by atoms with Gasteiger partial charge in [0.05, 0.1) is 4.88 Å². The smallest absolute Gasteiger partial charge is 0.261 e. The summed E-state index contributed by atoms with van der Waals surface area (Å²) in [5.41, 5.74) is 1.39. The molecule has 0 aromatic carbocycles. The molecule has 1 N–H and O–H groups in total. The molecule has 1 atom stereocenters. The summed E-state index contributed by atoms with van der Waals surface area (Å²) in [6.45, 7) is 3.66. The van der Waals surface area contributed by atoms with Crippen molar-refractivity contribution in [2.24, 2.45) is 5.92 Å².